The summed E-state index contributed by atoms with van der Waals surface area (Å²) in [5, 5.41) is 3.28. The van der Waals surface area contributed by atoms with Crippen LogP contribution in [0, 0.1) is 5.92 Å². The summed E-state index contributed by atoms with van der Waals surface area (Å²) < 4.78 is 0. The van der Waals surface area contributed by atoms with Gasteiger partial charge in [0.25, 0.3) is 0 Å². The van der Waals surface area contributed by atoms with Gasteiger partial charge in [-0.05, 0) is 38.1 Å². The molecule has 9 N–H and O–H groups in total. The van der Waals surface area contributed by atoms with Crippen LogP contribution < -0.4 is 28.3 Å². The first-order chi connectivity index (χ1) is 8.53. The molecule has 1 unspecified atom stereocenters. The Balaban J connectivity index is 2.20. The summed E-state index contributed by atoms with van der Waals surface area (Å²) in [5.74, 6) is -0.114. The Kier molecular flexibility index (Phi) is 7.11. The van der Waals surface area contributed by atoms with Crippen molar-refractivity contribution in [3.63, 3.8) is 0 Å². The van der Waals surface area contributed by atoms with E-state index in [9.17, 15) is 0 Å². The fraction of sp³-hybridized carbons (Fsp3) is 1.00. The van der Waals surface area contributed by atoms with Gasteiger partial charge in [0.05, 0.1) is 0 Å². The lowest BCUT2D eigenvalue weighted by Gasteiger charge is -2.32. The van der Waals surface area contributed by atoms with Crippen molar-refractivity contribution in [2.75, 3.05) is 13.1 Å². The van der Waals surface area contributed by atoms with E-state index in [1.165, 1.54) is 32.1 Å². The summed E-state index contributed by atoms with van der Waals surface area (Å²) in [6, 6.07) is 0.0300. The number of nitrogens with one attached hydrogen (secondary N) is 1. The maximum Gasteiger partial charge on any atom is 0.119 e. The molecule has 108 valence electrons. The highest BCUT2D eigenvalue weighted by Crippen LogP contribution is 2.23. The molecule has 0 aromatic rings. The molecule has 0 spiro atoms. The molecular weight excluding hydrogens is 226 g/mol. The van der Waals surface area contributed by atoms with E-state index in [1.54, 1.807) is 0 Å². The Morgan fingerprint density at radius 1 is 1.17 bits per heavy atom. The van der Waals surface area contributed by atoms with Gasteiger partial charge in [-0.15, -0.1) is 0 Å². The second-order valence-electron chi connectivity index (χ2n) is 5.82. The predicted octanol–water partition coefficient (Wildman–Crippen LogP) is 0.184. The maximum atomic E-state index is 6.06. The molecule has 0 radical (unpaired) electrons. The Morgan fingerprint density at radius 2 is 1.83 bits per heavy atom. The molecule has 0 aliphatic heterocycles. The molecule has 1 atom stereocenters. The van der Waals surface area contributed by atoms with Gasteiger partial charge >= 0.3 is 0 Å². The highest BCUT2D eigenvalue weighted by Gasteiger charge is 2.23. The SMILES string of the molecule is NCCCC(N)CC(N)(N)NCC1CCCCC1. The van der Waals surface area contributed by atoms with Crippen LogP contribution in [0.3, 0.4) is 0 Å². The lowest BCUT2D eigenvalue weighted by molar-refractivity contribution is 0.249. The third-order valence-corrected chi connectivity index (χ3v) is 3.82. The summed E-state index contributed by atoms with van der Waals surface area (Å²) >= 11 is 0. The Morgan fingerprint density at radius 3 is 2.44 bits per heavy atom. The second kappa shape index (κ2) is 8.07. The molecule has 0 heterocycles. The molecule has 0 saturated heterocycles. The molecule has 18 heavy (non-hydrogen) atoms. The van der Waals surface area contributed by atoms with Crippen molar-refractivity contribution < 1.29 is 0 Å². The Labute approximate surface area is 111 Å². The van der Waals surface area contributed by atoms with Crippen LogP contribution in [0.25, 0.3) is 0 Å². The van der Waals surface area contributed by atoms with Crippen LogP contribution in [0.1, 0.15) is 51.4 Å². The quantitative estimate of drug-likeness (QED) is 0.398. The van der Waals surface area contributed by atoms with Gasteiger partial charge in [0.15, 0.2) is 0 Å². The van der Waals surface area contributed by atoms with E-state index >= 15 is 0 Å². The number of rotatable bonds is 8. The standard InChI is InChI=1S/C13H31N5/c14-8-4-7-12(15)9-13(16,17)18-10-11-5-2-1-3-6-11/h11-12,18H,1-10,14-17H2. The molecule has 1 saturated carbocycles. The van der Waals surface area contributed by atoms with E-state index in [4.69, 9.17) is 22.9 Å². The van der Waals surface area contributed by atoms with Crippen LogP contribution in [-0.4, -0.2) is 24.9 Å². The van der Waals surface area contributed by atoms with Gasteiger partial charge in [-0.1, -0.05) is 19.3 Å². The summed E-state index contributed by atoms with van der Waals surface area (Å²) in [4.78, 5) is 0. The monoisotopic (exact) mass is 257 g/mol. The molecule has 1 aliphatic carbocycles. The Hall–Kier alpha value is -0.200. The maximum absolute atomic E-state index is 6.06. The van der Waals surface area contributed by atoms with Crippen molar-refractivity contribution >= 4 is 0 Å². The van der Waals surface area contributed by atoms with Gasteiger partial charge in [-0.2, -0.15) is 0 Å². The molecular formula is C13H31N5. The average Bonchev–Trinajstić information content (AvgIpc) is 2.35. The summed E-state index contributed by atoms with van der Waals surface area (Å²) in [6.45, 7) is 1.59. The second-order valence-corrected chi connectivity index (χ2v) is 5.82. The number of hydrogen-bond donors (Lipinski definition) is 5. The first-order valence-electron chi connectivity index (χ1n) is 7.32. The van der Waals surface area contributed by atoms with Crippen molar-refractivity contribution in [1.82, 2.24) is 5.32 Å². The minimum atomic E-state index is -0.842. The van der Waals surface area contributed by atoms with E-state index in [0.717, 1.165) is 25.3 Å². The topological polar surface area (TPSA) is 116 Å². The van der Waals surface area contributed by atoms with E-state index in [0.29, 0.717) is 13.0 Å². The molecule has 0 aromatic heterocycles. The van der Waals surface area contributed by atoms with Gasteiger partial charge in [0.2, 0.25) is 0 Å². The van der Waals surface area contributed by atoms with Crippen LogP contribution in [0.2, 0.25) is 0 Å². The van der Waals surface area contributed by atoms with Crippen LogP contribution in [0.5, 0.6) is 0 Å². The van der Waals surface area contributed by atoms with Crippen molar-refractivity contribution in [3.05, 3.63) is 0 Å². The van der Waals surface area contributed by atoms with Gasteiger partial charge in [0, 0.05) is 19.0 Å². The predicted molar refractivity (Wildman–Crippen MR) is 76.6 cm³/mol. The fourth-order valence-corrected chi connectivity index (χ4v) is 2.71. The molecule has 0 aromatic carbocycles. The van der Waals surface area contributed by atoms with E-state index < -0.39 is 5.79 Å². The number of nitrogens with two attached hydrogens (primary N) is 4. The first kappa shape index (κ1) is 15.9. The van der Waals surface area contributed by atoms with Crippen LogP contribution in [-0.2, 0) is 0 Å². The smallest absolute Gasteiger partial charge is 0.119 e. The summed E-state index contributed by atoms with van der Waals surface area (Å²) in [5.41, 5.74) is 23.6. The van der Waals surface area contributed by atoms with Crippen molar-refractivity contribution in [1.29, 1.82) is 0 Å². The van der Waals surface area contributed by atoms with Crippen molar-refractivity contribution in [2.24, 2.45) is 28.9 Å². The van der Waals surface area contributed by atoms with E-state index in [1.807, 2.05) is 0 Å². The van der Waals surface area contributed by atoms with Crippen LogP contribution in [0.15, 0.2) is 0 Å². The van der Waals surface area contributed by atoms with Crippen LogP contribution in [0.4, 0.5) is 0 Å². The third-order valence-electron chi connectivity index (χ3n) is 3.82. The van der Waals surface area contributed by atoms with Gasteiger partial charge in [-0.3, -0.25) is 5.32 Å². The van der Waals surface area contributed by atoms with E-state index in [2.05, 4.69) is 5.32 Å². The zero-order valence-electron chi connectivity index (χ0n) is 11.5. The highest BCUT2D eigenvalue weighted by molar-refractivity contribution is 4.81. The molecule has 5 nitrogen and oxygen atoms in total. The molecule has 1 fully saturated rings. The normalized spacial score (nSPS) is 20.0. The fourth-order valence-electron chi connectivity index (χ4n) is 2.71. The van der Waals surface area contributed by atoms with Gasteiger partial charge in [-0.25, -0.2) is 0 Å². The van der Waals surface area contributed by atoms with Crippen molar-refractivity contribution in [3.8, 4) is 0 Å². The highest BCUT2D eigenvalue weighted by atomic mass is 15.2. The first-order valence-corrected chi connectivity index (χ1v) is 7.32. The lowest BCUT2D eigenvalue weighted by atomic mass is 9.89. The summed E-state index contributed by atoms with van der Waals surface area (Å²) in [7, 11) is 0. The minimum absolute atomic E-state index is 0.0300. The third kappa shape index (κ3) is 6.66. The zero-order valence-corrected chi connectivity index (χ0v) is 11.5. The minimum Gasteiger partial charge on any atom is -0.330 e. The zero-order chi connectivity index (χ0) is 13.4. The van der Waals surface area contributed by atoms with Crippen molar-refractivity contribution in [2.45, 2.75) is 63.2 Å². The summed E-state index contributed by atoms with van der Waals surface area (Å²) in [6.07, 6.45) is 9.05. The molecule has 0 amide bonds. The number of hydrogen-bond acceptors (Lipinski definition) is 5. The van der Waals surface area contributed by atoms with Crippen LogP contribution >= 0.6 is 0 Å². The largest absolute Gasteiger partial charge is 0.330 e. The van der Waals surface area contributed by atoms with E-state index in [-0.39, 0.29) is 6.04 Å². The molecule has 5 heteroatoms. The Bertz CT molecular complexity index is 213. The molecule has 1 rings (SSSR count). The average molecular weight is 257 g/mol. The van der Waals surface area contributed by atoms with Gasteiger partial charge in [0.1, 0.15) is 5.79 Å². The van der Waals surface area contributed by atoms with Gasteiger partial charge < -0.3 is 22.9 Å². The molecule has 1 aliphatic rings. The molecule has 0 bridgehead atoms. The lowest BCUT2D eigenvalue weighted by Crippen LogP contribution is -2.64.